The largest absolute Gasteiger partial charge is 0.278 e. The number of fused-ring (bicyclic) bond motifs is 1. The molecule has 98 valence electrons. The predicted octanol–water partition coefficient (Wildman–Crippen LogP) is 2.94. The van der Waals surface area contributed by atoms with Crippen molar-refractivity contribution in [2.24, 2.45) is 0 Å². The summed E-state index contributed by atoms with van der Waals surface area (Å²) in [4.78, 5) is 8.57. The van der Waals surface area contributed by atoms with Gasteiger partial charge in [-0.15, -0.1) is 11.6 Å². The molecule has 3 rings (SSSR count). The number of hydrogen-bond donors (Lipinski definition) is 0. The summed E-state index contributed by atoms with van der Waals surface area (Å²) in [5.41, 5.74) is 1.80. The molecule has 0 N–H and O–H groups in total. The average molecular weight is 276 g/mol. The Hall–Kier alpha value is -1.88. The molecule has 0 aliphatic carbocycles. The van der Waals surface area contributed by atoms with Crippen LogP contribution < -0.4 is 0 Å². The van der Waals surface area contributed by atoms with Crippen molar-refractivity contribution in [2.45, 2.75) is 25.8 Å². The van der Waals surface area contributed by atoms with E-state index in [-0.39, 0.29) is 0 Å². The van der Waals surface area contributed by atoms with Crippen LogP contribution in [0.5, 0.6) is 0 Å². The van der Waals surface area contributed by atoms with Crippen molar-refractivity contribution in [3.63, 3.8) is 0 Å². The van der Waals surface area contributed by atoms with Crippen LogP contribution in [0, 0.1) is 0 Å². The molecule has 3 aromatic heterocycles. The SMILES string of the molecule is CC(C)n1ccc(-n2c(CCl)nc3cnccc32)n1. The minimum absolute atomic E-state index is 0.324. The normalized spacial score (nSPS) is 11.6. The monoisotopic (exact) mass is 275 g/mol. The van der Waals surface area contributed by atoms with Gasteiger partial charge in [0.1, 0.15) is 11.3 Å². The summed E-state index contributed by atoms with van der Waals surface area (Å²) in [6, 6.07) is 4.22. The molecule has 0 aliphatic rings. The zero-order valence-corrected chi connectivity index (χ0v) is 11.5. The molecule has 0 radical (unpaired) electrons. The maximum atomic E-state index is 5.98. The number of aromatic nitrogens is 5. The third-order valence-electron chi connectivity index (χ3n) is 3.00. The number of hydrogen-bond acceptors (Lipinski definition) is 3. The van der Waals surface area contributed by atoms with Crippen molar-refractivity contribution < 1.29 is 0 Å². The van der Waals surface area contributed by atoms with Crippen LogP contribution >= 0.6 is 11.6 Å². The lowest BCUT2D eigenvalue weighted by atomic mass is 10.4. The van der Waals surface area contributed by atoms with E-state index in [2.05, 4.69) is 28.9 Å². The van der Waals surface area contributed by atoms with Crippen LogP contribution in [0.25, 0.3) is 16.9 Å². The lowest BCUT2D eigenvalue weighted by Gasteiger charge is -2.06. The van der Waals surface area contributed by atoms with Gasteiger partial charge in [-0.2, -0.15) is 5.10 Å². The van der Waals surface area contributed by atoms with Gasteiger partial charge in [-0.25, -0.2) is 4.98 Å². The molecule has 0 amide bonds. The van der Waals surface area contributed by atoms with E-state index in [0.29, 0.717) is 11.9 Å². The zero-order chi connectivity index (χ0) is 13.4. The van der Waals surface area contributed by atoms with Crippen LogP contribution in [0.1, 0.15) is 25.7 Å². The molecule has 0 aromatic carbocycles. The third kappa shape index (κ3) is 2.00. The highest BCUT2D eigenvalue weighted by molar-refractivity contribution is 6.16. The molecular formula is C13H14ClN5. The Kier molecular flexibility index (Phi) is 2.98. The molecule has 0 saturated heterocycles. The Balaban J connectivity index is 2.22. The van der Waals surface area contributed by atoms with Crippen molar-refractivity contribution in [2.75, 3.05) is 0 Å². The standard InChI is InChI=1S/C13H14ClN5/c1-9(2)18-6-4-12(17-18)19-11-3-5-15-8-10(11)16-13(19)7-14/h3-6,8-9H,7H2,1-2H3. The van der Waals surface area contributed by atoms with Gasteiger partial charge in [0.25, 0.3) is 0 Å². The molecule has 0 unspecified atom stereocenters. The van der Waals surface area contributed by atoms with Crippen molar-refractivity contribution in [1.29, 1.82) is 0 Å². The van der Waals surface area contributed by atoms with E-state index >= 15 is 0 Å². The first-order valence-corrected chi connectivity index (χ1v) is 6.67. The van der Waals surface area contributed by atoms with E-state index in [1.54, 1.807) is 12.4 Å². The highest BCUT2D eigenvalue weighted by Crippen LogP contribution is 2.21. The van der Waals surface area contributed by atoms with E-state index in [4.69, 9.17) is 11.6 Å². The molecule has 0 saturated carbocycles. The van der Waals surface area contributed by atoms with Gasteiger partial charge < -0.3 is 0 Å². The molecule has 0 fully saturated rings. The molecule has 0 aliphatic heterocycles. The van der Waals surface area contributed by atoms with Crippen molar-refractivity contribution in [1.82, 2.24) is 24.3 Å². The Morgan fingerprint density at radius 2 is 2.16 bits per heavy atom. The second-order valence-electron chi connectivity index (χ2n) is 4.61. The maximum absolute atomic E-state index is 5.98. The van der Waals surface area contributed by atoms with Crippen LogP contribution in [0.3, 0.4) is 0 Å². The van der Waals surface area contributed by atoms with Crippen LogP contribution in [0.15, 0.2) is 30.7 Å². The summed E-state index contributed by atoms with van der Waals surface area (Å²) in [7, 11) is 0. The lowest BCUT2D eigenvalue weighted by Crippen LogP contribution is -2.05. The Bertz CT molecular complexity index is 713. The summed E-state index contributed by atoms with van der Waals surface area (Å²) >= 11 is 5.98. The molecule has 0 bridgehead atoms. The second kappa shape index (κ2) is 4.66. The molecule has 3 heterocycles. The van der Waals surface area contributed by atoms with Crippen molar-refractivity contribution in [3.05, 3.63) is 36.5 Å². The number of rotatable bonds is 3. The van der Waals surface area contributed by atoms with Crippen molar-refractivity contribution in [3.8, 4) is 5.82 Å². The lowest BCUT2D eigenvalue weighted by molar-refractivity contribution is 0.529. The van der Waals surface area contributed by atoms with Crippen molar-refractivity contribution >= 4 is 22.6 Å². The molecule has 0 atom stereocenters. The molecule has 3 aromatic rings. The average Bonchev–Trinajstić information content (AvgIpc) is 3.01. The summed E-state index contributed by atoms with van der Waals surface area (Å²) in [5.74, 6) is 1.94. The van der Waals surface area contributed by atoms with Crippen LogP contribution in [-0.2, 0) is 5.88 Å². The van der Waals surface area contributed by atoms with Crippen LogP contribution in [0.4, 0.5) is 0 Å². The topological polar surface area (TPSA) is 48.5 Å². The maximum Gasteiger partial charge on any atom is 0.160 e. The minimum atomic E-state index is 0.324. The fourth-order valence-electron chi connectivity index (χ4n) is 2.06. The summed E-state index contributed by atoms with van der Waals surface area (Å²) < 4.78 is 3.89. The number of alkyl halides is 1. The van der Waals surface area contributed by atoms with E-state index in [1.165, 1.54) is 0 Å². The smallest absolute Gasteiger partial charge is 0.160 e. The third-order valence-corrected chi connectivity index (χ3v) is 3.24. The fourth-order valence-corrected chi connectivity index (χ4v) is 2.24. The summed E-state index contributed by atoms with van der Waals surface area (Å²) in [6.45, 7) is 4.18. The van der Waals surface area contributed by atoms with E-state index in [0.717, 1.165) is 22.7 Å². The molecular weight excluding hydrogens is 262 g/mol. The molecule has 6 heteroatoms. The number of pyridine rings is 1. The molecule has 19 heavy (non-hydrogen) atoms. The first kappa shape index (κ1) is 12.2. The van der Waals surface area contributed by atoms with Gasteiger partial charge in [0.15, 0.2) is 5.82 Å². The minimum Gasteiger partial charge on any atom is -0.278 e. The molecule has 0 spiro atoms. The van der Waals surface area contributed by atoms with Gasteiger partial charge in [-0.1, -0.05) is 0 Å². The Morgan fingerprint density at radius 1 is 1.32 bits per heavy atom. The predicted molar refractivity (Wildman–Crippen MR) is 74.6 cm³/mol. The number of nitrogens with zero attached hydrogens (tertiary/aromatic N) is 5. The van der Waals surface area contributed by atoms with E-state index in [9.17, 15) is 0 Å². The number of imidazole rings is 1. The van der Waals surface area contributed by atoms with Gasteiger partial charge in [0, 0.05) is 24.5 Å². The summed E-state index contributed by atoms with van der Waals surface area (Å²) in [5, 5.41) is 4.57. The van der Waals surface area contributed by atoms with Gasteiger partial charge in [-0.3, -0.25) is 14.2 Å². The van der Waals surface area contributed by atoms with E-state index in [1.807, 2.05) is 27.6 Å². The van der Waals surface area contributed by atoms with Gasteiger partial charge in [0.05, 0.1) is 17.6 Å². The summed E-state index contributed by atoms with van der Waals surface area (Å²) in [6.07, 6.45) is 5.45. The zero-order valence-electron chi connectivity index (χ0n) is 10.8. The number of halogens is 1. The van der Waals surface area contributed by atoms with Crippen LogP contribution in [0.2, 0.25) is 0 Å². The quantitative estimate of drug-likeness (QED) is 0.691. The Labute approximate surface area is 115 Å². The second-order valence-corrected chi connectivity index (χ2v) is 4.88. The molecule has 5 nitrogen and oxygen atoms in total. The highest BCUT2D eigenvalue weighted by atomic mass is 35.5. The highest BCUT2D eigenvalue weighted by Gasteiger charge is 2.14. The van der Waals surface area contributed by atoms with Crippen LogP contribution in [-0.4, -0.2) is 24.3 Å². The van der Waals surface area contributed by atoms with E-state index < -0.39 is 0 Å². The van der Waals surface area contributed by atoms with Gasteiger partial charge in [0.2, 0.25) is 0 Å². The fraction of sp³-hybridized carbons (Fsp3) is 0.308. The first-order chi connectivity index (χ1) is 9.20. The van der Waals surface area contributed by atoms with Gasteiger partial charge in [-0.05, 0) is 19.9 Å². The van der Waals surface area contributed by atoms with Gasteiger partial charge >= 0.3 is 0 Å². The Morgan fingerprint density at radius 3 is 2.84 bits per heavy atom. The first-order valence-electron chi connectivity index (χ1n) is 6.13.